The highest BCUT2D eigenvalue weighted by Gasteiger charge is 2.30. The summed E-state index contributed by atoms with van der Waals surface area (Å²) in [5, 5.41) is 8.64. The number of hydrogen-bond donors (Lipinski definition) is 2. The Kier molecular flexibility index (Phi) is 4.50. The maximum atomic E-state index is 12.1. The maximum Gasteiger partial charge on any atom is 0.274 e. The summed E-state index contributed by atoms with van der Waals surface area (Å²) in [5.41, 5.74) is 2.49. The normalized spacial score (nSPS) is 19.3. The van der Waals surface area contributed by atoms with Gasteiger partial charge in [-0.1, -0.05) is 6.07 Å². The SMILES string of the molecule is CCS(=O)(=O)N1Cc2ccc(C(=O)NO)cc2OC[C@@H]1C. The predicted octanol–water partition coefficient (Wildman–Crippen LogP) is 0.738. The molecule has 0 aliphatic carbocycles. The van der Waals surface area contributed by atoms with E-state index in [1.807, 2.05) is 0 Å². The predicted molar refractivity (Wildman–Crippen MR) is 75.7 cm³/mol. The molecule has 21 heavy (non-hydrogen) atoms. The fraction of sp³-hybridized carbons (Fsp3) is 0.462. The Labute approximate surface area is 123 Å². The first-order valence-electron chi connectivity index (χ1n) is 6.58. The van der Waals surface area contributed by atoms with Crippen molar-refractivity contribution in [3.05, 3.63) is 29.3 Å². The van der Waals surface area contributed by atoms with E-state index in [0.29, 0.717) is 11.3 Å². The summed E-state index contributed by atoms with van der Waals surface area (Å²) in [5.74, 6) is -0.161. The number of ether oxygens (including phenoxy) is 1. The van der Waals surface area contributed by atoms with E-state index in [1.54, 1.807) is 25.4 Å². The smallest absolute Gasteiger partial charge is 0.274 e. The van der Waals surface area contributed by atoms with Gasteiger partial charge in [0.15, 0.2) is 0 Å². The van der Waals surface area contributed by atoms with Gasteiger partial charge in [-0.3, -0.25) is 10.0 Å². The quantitative estimate of drug-likeness (QED) is 0.633. The molecule has 0 unspecified atom stereocenters. The fourth-order valence-electron chi connectivity index (χ4n) is 2.18. The Morgan fingerprint density at radius 1 is 1.52 bits per heavy atom. The lowest BCUT2D eigenvalue weighted by Crippen LogP contribution is -2.40. The summed E-state index contributed by atoms with van der Waals surface area (Å²) < 4.78 is 31.2. The first kappa shape index (κ1) is 15.7. The van der Waals surface area contributed by atoms with Gasteiger partial charge in [-0.25, -0.2) is 13.9 Å². The Hall–Kier alpha value is -1.64. The van der Waals surface area contributed by atoms with Crippen molar-refractivity contribution in [1.82, 2.24) is 9.79 Å². The van der Waals surface area contributed by atoms with Crippen LogP contribution in [-0.2, 0) is 16.6 Å². The highest BCUT2D eigenvalue weighted by atomic mass is 32.2. The number of hydrogen-bond acceptors (Lipinski definition) is 5. The molecule has 2 N–H and O–H groups in total. The molecule has 0 spiro atoms. The number of fused-ring (bicyclic) bond motifs is 1. The van der Waals surface area contributed by atoms with E-state index in [2.05, 4.69) is 0 Å². The fourth-order valence-corrected chi connectivity index (χ4v) is 3.46. The van der Waals surface area contributed by atoms with Crippen LogP contribution in [0.2, 0.25) is 0 Å². The number of hydroxylamine groups is 1. The summed E-state index contributed by atoms with van der Waals surface area (Å²) in [6.07, 6.45) is 0. The van der Waals surface area contributed by atoms with Crippen molar-refractivity contribution < 1.29 is 23.2 Å². The maximum absolute atomic E-state index is 12.1. The van der Waals surface area contributed by atoms with E-state index >= 15 is 0 Å². The average Bonchev–Trinajstić information content (AvgIpc) is 2.65. The van der Waals surface area contributed by atoms with Gasteiger partial charge in [0.25, 0.3) is 5.91 Å². The number of sulfonamides is 1. The van der Waals surface area contributed by atoms with Crippen LogP contribution in [0, 0.1) is 0 Å². The van der Waals surface area contributed by atoms with Crippen LogP contribution in [0.25, 0.3) is 0 Å². The molecule has 2 rings (SSSR count). The van der Waals surface area contributed by atoms with Crippen LogP contribution >= 0.6 is 0 Å². The number of benzene rings is 1. The molecule has 1 atom stereocenters. The van der Waals surface area contributed by atoms with Gasteiger partial charge in [0.05, 0.1) is 11.8 Å². The molecular formula is C13H18N2O5S. The van der Waals surface area contributed by atoms with Crippen molar-refractivity contribution in [3.8, 4) is 5.75 Å². The molecular weight excluding hydrogens is 296 g/mol. The molecule has 0 saturated carbocycles. The van der Waals surface area contributed by atoms with Gasteiger partial charge in [0.2, 0.25) is 10.0 Å². The van der Waals surface area contributed by atoms with Gasteiger partial charge < -0.3 is 4.74 Å². The lowest BCUT2D eigenvalue weighted by atomic mass is 10.1. The Morgan fingerprint density at radius 3 is 2.86 bits per heavy atom. The van der Waals surface area contributed by atoms with Crippen LogP contribution in [0.5, 0.6) is 5.75 Å². The van der Waals surface area contributed by atoms with Crippen LogP contribution in [-0.4, -0.2) is 42.2 Å². The van der Waals surface area contributed by atoms with E-state index in [-0.39, 0.29) is 30.5 Å². The van der Waals surface area contributed by atoms with Crippen molar-refractivity contribution in [2.45, 2.75) is 26.4 Å². The highest BCUT2D eigenvalue weighted by molar-refractivity contribution is 7.89. The van der Waals surface area contributed by atoms with E-state index < -0.39 is 15.9 Å². The number of carbonyl (C=O) groups excluding carboxylic acids is 1. The van der Waals surface area contributed by atoms with Crippen molar-refractivity contribution in [2.24, 2.45) is 0 Å². The molecule has 116 valence electrons. The molecule has 1 aliphatic heterocycles. The summed E-state index contributed by atoms with van der Waals surface area (Å²) >= 11 is 0. The standard InChI is InChI=1S/C13H18N2O5S/c1-3-21(18,19)15-7-11-5-4-10(13(16)14-17)6-12(11)20-8-9(15)2/h4-6,9,17H,3,7-8H2,1-2H3,(H,14,16)/t9-/m0/s1. The zero-order chi connectivity index (χ0) is 15.6. The van der Waals surface area contributed by atoms with E-state index in [1.165, 1.54) is 16.4 Å². The molecule has 7 nitrogen and oxygen atoms in total. The topological polar surface area (TPSA) is 95.9 Å². The van der Waals surface area contributed by atoms with Crippen LogP contribution in [0.4, 0.5) is 0 Å². The molecule has 1 aromatic rings. The zero-order valence-electron chi connectivity index (χ0n) is 11.9. The number of nitrogens with zero attached hydrogens (tertiary/aromatic N) is 1. The second kappa shape index (κ2) is 6.00. The van der Waals surface area contributed by atoms with Crippen LogP contribution in [0.15, 0.2) is 18.2 Å². The first-order valence-corrected chi connectivity index (χ1v) is 8.19. The van der Waals surface area contributed by atoms with Gasteiger partial charge >= 0.3 is 0 Å². The summed E-state index contributed by atoms with van der Waals surface area (Å²) in [4.78, 5) is 11.4. The number of rotatable bonds is 3. The lowest BCUT2D eigenvalue weighted by Gasteiger charge is -2.24. The monoisotopic (exact) mass is 314 g/mol. The largest absolute Gasteiger partial charge is 0.492 e. The van der Waals surface area contributed by atoms with Crippen LogP contribution in [0.1, 0.15) is 29.8 Å². The Morgan fingerprint density at radius 2 is 2.24 bits per heavy atom. The molecule has 0 aromatic heterocycles. The van der Waals surface area contributed by atoms with Crippen LogP contribution < -0.4 is 10.2 Å². The minimum Gasteiger partial charge on any atom is -0.492 e. The number of nitrogens with one attached hydrogen (secondary N) is 1. The third kappa shape index (κ3) is 3.17. The van der Waals surface area contributed by atoms with Crippen molar-refractivity contribution in [3.63, 3.8) is 0 Å². The third-order valence-electron chi connectivity index (χ3n) is 3.45. The molecule has 0 saturated heterocycles. The van der Waals surface area contributed by atoms with Crippen molar-refractivity contribution in [1.29, 1.82) is 0 Å². The van der Waals surface area contributed by atoms with Gasteiger partial charge in [-0.05, 0) is 26.0 Å². The van der Waals surface area contributed by atoms with Gasteiger partial charge in [0, 0.05) is 17.7 Å². The summed E-state index contributed by atoms with van der Waals surface area (Å²) in [6.45, 7) is 3.79. The lowest BCUT2D eigenvalue weighted by molar-refractivity contribution is 0.0706. The van der Waals surface area contributed by atoms with E-state index in [4.69, 9.17) is 9.94 Å². The van der Waals surface area contributed by atoms with E-state index in [9.17, 15) is 13.2 Å². The number of amides is 1. The zero-order valence-corrected chi connectivity index (χ0v) is 12.7. The van der Waals surface area contributed by atoms with Crippen LogP contribution in [0.3, 0.4) is 0 Å². The second-order valence-electron chi connectivity index (χ2n) is 4.87. The summed E-state index contributed by atoms with van der Waals surface area (Å²) in [7, 11) is -3.33. The molecule has 1 amide bonds. The van der Waals surface area contributed by atoms with Crippen molar-refractivity contribution in [2.75, 3.05) is 12.4 Å². The second-order valence-corrected chi connectivity index (χ2v) is 7.08. The number of carbonyl (C=O) groups is 1. The van der Waals surface area contributed by atoms with E-state index in [0.717, 1.165) is 0 Å². The molecule has 1 heterocycles. The molecule has 8 heteroatoms. The van der Waals surface area contributed by atoms with Gasteiger partial charge in [-0.2, -0.15) is 4.31 Å². The van der Waals surface area contributed by atoms with Gasteiger partial charge in [-0.15, -0.1) is 0 Å². The average molecular weight is 314 g/mol. The molecule has 0 fully saturated rings. The summed E-state index contributed by atoms with van der Waals surface area (Å²) in [6, 6.07) is 4.35. The minimum atomic E-state index is -3.33. The molecule has 1 aliphatic rings. The Bertz CT molecular complexity index is 644. The molecule has 0 bridgehead atoms. The Balaban J connectivity index is 2.37. The molecule has 1 aromatic carbocycles. The van der Waals surface area contributed by atoms with Gasteiger partial charge in [0.1, 0.15) is 12.4 Å². The first-order chi connectivity index (χ1) is 9.89. The highest BCUT2D eigenvalue weighted by Crippen LogP contribution is 2.28. The van der Waals surface area contributed by atoms with Crippen molar-refractivity contribution >= 4 is 15.9 Å². The minimum absolute atomic E-state index is 0.0255. The third-order valence-corrected chi connectivity index (χ3v) is 5.38. The molecule has 0 radical (unpaired) electrons.